The number of hydrogen-bond donors (Lipinski definition) is 3. The van der Waals surface area contributed by atoms with Gasteiger partial charge in [0.15, 0.2) is 0 Å². The Bertz CT molecular complexity index is 943. The van der Waals surface area contributed by atoms with Crippen molar-refractivity contribution in [3.63, 3.8) is 0 Å². The Labute approximate surface area is 172 Å². The van der Waals surface area contributed by atoms with Crippen LogP contribution in [0, 0.1) is 0 Å². The normalized spacial score (nSPS) is 19.4. The van der Waals surface area contributed by atoms with E-state index in [1.165, 1.54) is 48.1 Å². The lowest BCUT2D eigenvalue weighted by atomic mass is 9.96. The van der Waals surface area contributed by atoms with Crippen LogP contribution in [-0.2, 0) is 4.79 Å². The van der Waals surface area contributed by atoms with Gasteiger partial charge in [-0.3, -0.25) is 4.79 Å². The molecule has 1 aliphatic rings. The van der Waals surface area contributed by atoms with Gasteiger partial charge in [-0.15, -0.1) is 0 Å². The Hall–Kier alpha value is -2.85. The average Bonchev–Trinajstić information content (AvgIpc) is 3.16. The molecule has 4 N–H and O–H groups in total. The molecule has 4 rings (SSSR count). The molecule has 1 saturated carbocycles. The van der Waals surface area contributed by atoms with Crippen LogP contribution in [0.1, 0.15) is 56.2 Å². The molecule has 1 aliphatic carbocycles. The molecule has 4 heteroatoms. The second kappa shape index (κ2) is 9.57. The number of rotatable bonds is 4. The van der Waals surface area contributed by atoms with Crippen molar-refractivity contribution < 1.29 is 9.90 Å². The Morgan fingerprint density at radius 1 is 1.03 bits per heavy atom. The molecule has 152 valence electrons. The van der Waals surface area contributed by atoms with Crippen LogP contribution in [0.4, 0.5) is 0 Å². The van der Waals surface area contributed by atoms with Gasteiger partial charge < -0.3 is 16.2 Å². The molecule has 0 saturated heterocycles. The molecule has 1 fully saturated rings. The number of aromatic hydroxyl groups is 1. The van der Waals surface area contributed by atoms with Gasteiger partial charge in [-0.1, -0.05) is 54.6 Å². The van der Waals surface area contributed by atoms with Gasteiger partial charge in [0.1, 0.15) is 5.75 Å². The minimum Gasteiger partial charge on any atom is -0.508 e. The van der Waals surface area contributed by atoms with Gasteiger partial charge in [0.25, 0.3) is 0 Å². The maximum atomic E-state index is 9.47. The molecule has 0 bridgehead atoms. The lowest BCUT2D eigenvalue weighted by Crippen LogP contribution is -2.29. The summed E-state index contributed by atoms with van der Waals surface area (Å²) >= 11 is 0. The van der Waals surface area contributed by atoms with E-state index in [0.29, 0.717) is 23.8 Å². The van der Waals surface area contributed by atoms with Crippen LogP contribution < -0.4 is 11.1 Å². The van der Waals surface area contributed by atoms with E-state index >= 15 is 0 Å². The molecule has 3 unspecified atom stereocenters. The minimum absolute atomic E-state index is 0.333. The summed E-state index contributed by atoms with van der Waals surface area (Å²) in [4.78, 5) is 9.22. The molecule has 4 nitrogen and oxygen atoms in total. The predicted octanol–water partition coefficient (Wildman–Crippen LogP) is 5.02. The van der Waals surface area contributed by atoms with Gasteiger partial charge >= 0.3 is 0 Å². The van der Waals surface area contributed by atoms with E-state index in [2.05, 4.69) is 72.6 Å². The van der Waals surface area contributed by atoms with Crippen molar-refractivity contribution in [3.8, 4) is 5.75 Å². The lowest BCUT2D eigenvalue weighted by Gasteiger charge is -2.21. The number of primary amides is 1. The predicted molar refractivity (Wildman–Crippen MR) is 119 cm³/mol. The van der Waals surface area contributed by atoms with Crippen molar-refractivity contribution in [2.75, 3.05) is 0 Å². The Morgan fingerprint density at radius 3 is 2.41 bits per heavy atom. The van der Waals surface area contributed by atoms with E-state index in [-0.39, 0.29) is 5.91 Å². The van der Waals surface area contributed by atoms with Gasteiger partial charge in [0.05, 0.1) is 0 Å². The first kappa shape index (κ1) is 20.9. The first-order valence-corrected chi connectivity index (χ1v) is 10.2. The Balaban J connectivity index is 0.000000552. The highest BCUT2D eigenvalue weighted by Crippen LogP contribution is 2.36. The fraction of sp³-hybridized carbons (Fsp3) is 0.320. The van der Waals surface area contributed by atoms with Crippen LogP contribution >= 0.6 is 0 Å². The summed E-state index contributed by atoms with van der Waals surface area (Å²) in [5, 5.41) is 16.0. The van der Waals surface area contributed by atoms with Crippen LogP contribution in [0.5, 0.6) is 5.75 Å². The number of carbonyl (C=O) groups excluding carboxylic acids is 1. The average molecular weight is 391 g/mol. The molecule has 0 spiro atoms. The molecule has 29 heavy (non-hydrogen) atoms. The number of fused-ring (bicyclic) bond motifs is 1. The fourth-order valence-corrected chi connectivity index (χ4v) is 4.25. The van der Waals surface area contributed by atoms with Crippen LogP contribution in [0.3, 0.4) is 0 Å². The summed E-state index contributed by atoms with van der Waals surface area (Å²) in [6.07, 6.45) is 3.59. The van der Waals surface area contributed by atoms with Crippen molar-refractivity contribution in [2.45, 2.75) is 51.1 Å². The molecular formula is C25H30N2O2. The van der Waals surface area contributed by atoms with E-state index < -0.39 is 0 Å². The summed E-state index contributed by atoms with van der Waals surface area (Å²) in [7, 11) is 0. The Morgan fingerprint density at radius 2 is 1.69 bits per heavy atom. The summed E-state index contributed by atoms with van der Waals surface area (Å²) in [6.45, 7) is 3.58. The molecule has 0 radical (unpaired) electrons. The number of phenolic OH excluding ortho intramolecular Hbond substituents is 1. The second-order valence-corrected chi connectivity index (χ2v) is 7.87. The lowest BCUT2D eigenvalue weighted by molar-refractivity contribution is -0.115. The molecule has 0 aliphatic heterocycles. The van der Waals surface area contributed by atoms with Crippen LogP contribution in [-0.4, -0.2) is 17.1 Å². The molecule has 3 aromatic rings. The second-order valence-electron chi connectivity index (χ2n) is 7.87. The summed E-state index contributed by atoms with van der Waals surface area (Å²) in [6, 6.07) is 23.8. The maximum absolute atomic E-state index is 9.47. The molecule has 0 heterocycles. The minimum atomic E-state index is -0.333. The quantitative estimate of drug-likeness (QED) is 0.585. The highest BCUT2D eigenvalue weighted by molar-refractivity contribution is 5.86. The first-order valence-electron chi connectivity index (χ1n) is 10.2. The van der Waals surface area contributed by atoms with Crippen molar-refractivity contribution >= 4 is 16.7 Å². The molecular weight excluding hydrogens is 360 g/mol. The fourth-order valence-electron chi connectivity index (χ4n) is 4.25. The van der Waals surface area contributed by atoms with Crippen LogP contribution in [0.25, 0.3) is 10.8 Å². The topological polar surface area (TPSA) is 75.4 Å². The summed E-state index contributed by atoms with van der Waals surface area (Å²) < 4.78 is 0. The standard InChI is InChI=1S/C23H25NO.C2H5NO/c1-16(22-8-4-6-18-5-2-3-7-23(18)22)24-20-12-9-19(15-20)17-10-13-21(25)14-11-17;1-2(3)4/h2-8,10-11,13-14,16,19-20,24-25H,9,12,15H2,1H3;1H3,(H2,3,4). The zero-order valence-electron chi connectivity index (χ0n) is 17.1. The van der Waals surface area contributed by atoms with E-state index in [9.17, 15) is 9.90 Å². The first-order chi connectivity index (χ1) is 13.9. The van der Waals surface area contributed by atoms with Gasteiger partial charge in [0.2, 0.25) is 5.91 Å². The van der Waals surface area contributed by atoms with Crippen molar-refractivity contribution in [1.29, 1.82) is 0 Å². The molecule has 3 aromatic carbocycles. The van der Waals surface area contributed by atoms with Crippen molar-refractivity contribution in [2.24, 2.45) is 5.73 Å². The highest BCUT2D eigenvalue weighted by Gasteiger charge is 2.27. The van der Waals surface area contributed by atoms with Crippen molar-refractivity contribution in [1.82, 2.24) is 5.32 Å². The monoisotopic (exact) mass is 390 g/mol. The van der Waals surface area contributed by atoms with E-state index in [1.54, 1.807) is 12.1 Å². The van der Waals surface area contributed by atoms with Crippen molar-refractivity contribution in [3.05, 3.63) is 77.9 Å². The third-order valence-corrected chi connectivity index (χ3v) is 5.57. The maximum Gasteiger partial charge on any atom is 0.214 e. The van der Waals surface area contributed by atoms with Gasteiger partial charge in [0, 0.05) is 19.0 Å². The molecule has 3 atom stereocenters. The van der Waals surface area contributed by atoms with Crippen LogP contribution in [0.15, 0.2) is 66.7 Å². The van der Waals surface area contributed by atoms with E-state index in [1.807, 2.05) is 0 Å². The number of carbonyl (C=O) groups is 1. The van der Waals surface area contributed by atoms with E-state index in [4.69, 9.17) is 0 Å². The van der Waals surface area contributed by atoms with Gasteiger partial charge in [-0.05, 0) is 66.1 Å². The highest BCUT2D eigenvalue weighted by atomic mass is 16.3. The SMILES string of the molecule is CC(N)=O.CC(NC1CCC(c2ccc(O)cc2)C1)c1cccc2ccccc12. The summed E-state index contributed by atoms with van der Waals surface area (Å²) in [5.41, 5.74) is 7.20. The van der Waals surface area contributed by atoms with Crippen LogP contribution in [0.2, 0.25) is 0 Å². The van der Waals surface area contributed by atoms with Gasteiger partial charge in [-0.25, -0.2) is 0 Å². The number of amides is 1. The molecule has 0 aromatic heterocycles. The number of nitrogens with two attached hydrogens (primary N) is 1. The van der Waals surface area contributed by atoms with Gasteiger partial charge in [-0.2, -0.15) is 0 Å². The Kier molecular flexibility index (Phi) is 6.89. The largest absolute Gasteiger partial charge is 0.508 e. The number of nitrogens with one attached hydrogen (secondary N) is 1. The number of hydrogen-bond acceptors (Lipinski definition) is 3. The number of phenols is 1. The summed E-state index contributed by atoms with van der Waals surface area (Å²) in [5.74, 6) is 0.610. The third-order valence-electron chi connectivity index (χ3n) is 5.57. The smallest absolute Gasteiger partial charge is 0.214 e. The zero-order valence-corrected chi connectivity index (χ0v) is 17.1. The third kappa shape index (κ3) is 5.58. The zero-order chi connectivity index (χ0) is 20.8. The van der Waals surface area contributed by atoms with E-state index in [0.717, 1.165) is 0 Å². The number of benzene rings is 3. The molecule has 1 amide bonds.